The van der Waals surface area contributed by atoms with Gasteiger partial charge in [0.05, 0.1) is 25.4 Å². The summed E-state index contributed by atoms with van der Waals surface area (Å²) in [6.45, 7) is 2.01. The zero-order chi connectivity index (χ0) is 21.9. The summed E-state index contributed by atoms with van der Waals surface area (Å²) in [5, 5.41) is 4.73. The number of hydrogen-bond acceptors (Lipinski definition) is 9. The Morgan fingerprint density at radius 2 is 1.80 bits per heavy atom. The summed E-state index contributed by atoms with van der Waals surface area (Å²) in [7, 11) is 2.41. The Labute approximate surface area is 181 Å². The van der Waals surface area contributed by atoms with Crippen molar-refractivity contribution in [3.8, 4) is 0 Å². The van der Waals surface area contributed by atoms with Gasteiger partial charge in [-0.15, -0.1) is 11.3 Å². The summed E-state index contributed by atoms with van der Waals surface area (Å²) < 4.78 is 9.44. The Bertz CT molecular complexity index is 1020. The number of nitrogens with two attached hydrogens (primary N) is 1. The number of hydrogen-bond donors (Lipinski definition) is 2. The first-order valence-corrected chi connectivity index (χ1v) is 10.8. The molecule has 1 aromatic heterocycles. The SMILES string of the molecule is COC(=O)c1scc(NC(=O)c2ccc(C3(C)CCSC(N)=N3)cc2)c1C(=O)OC. The van der Waals surface area contributed by atoms with E-state index in [1.54, 1.807) is 12.1 Å². The normalized spacial score (nSPS) is 18.3. The third-order valence-electron chi connectivity index (χ3n) is 4.76. The molecule has 1 aliphatic heterocycles. The minimum atomic E-state index is -0.735. The summed E-state index contributed by atoms with van der Waals surface area (Å²) in [4.78, 5) is 41.4. The summed E-state index contributed by atoms with van der Waals surface area (Å²) in [6.07, 6.45) is 0.845. The number of methoxy groups -OCH3 is 2. The molecule has 2 heterocycles. The molecule has 3 N–H and O–H groups in total. The number of nitrogens with one attached hydrogen (secondary N) is 1. The van der Waals surface area contributed by atoms with Crippen LogP contribution in [-0.4, -0.2) is 43.0 Å². The van der Waals surface area contributed by atoms with Crippen molar-refractivity contribution in [3.63, 3.8) is 0 Å². The van der Waals surface area contributed by atoms with Crippen LogP contribution in [0.3, 0.4) is 0 Å². The molecule has 1 amide bonds. The number of carbonyl (C=O) groups excluding carboxylic acids is 3. The highest BCUT2D eigenvalue weighted by atomic mass is 32.2. The number of esters is 2. The van der Waals surface area contributed by atoms with Crippen molar-refractivity contribution < 1.29 is 23.9 Å². The predicted molar refractivity (Wildman–Crippen MR) is 117 cm³/mol. The molecule has 10 heteroatoms. The molecule has 0 spiro atoms. The number of carbonyl (C=O) groups is 3. The molecule has 0 aliphatic carbocycles. The van der Waals surface area contributed by atoms with E-state index in [0.717, 1.165) is 29.1 Å². The zero-order valence-corrected chi connectivity index (χ0v) is 18.3. The molecule has 3 rings (SSSR count). The minimum Gasteiger partial charge on any atom is -0.465 e. The van der Waals surface area contributed by atoms with Crippen molar-refractivity contribution >= 4 is 51.8 Å². The summed E-state index contributed by atoms with van der Waals surface area (Å²) >= 11 is 2.52. The fourth-order valence-electron chi connectivity index (χ4n) is 3.07. The van der Waals surface area contributed by atoms with Crippen LogP contribution in [0.15, 0.2) is 34.6 Å². The lowest BCUT2D eigenvalue weighted by atomic mass is 9.89. The second-order valence-electron chi connectivity index (χ2n) is 6.69. The van der Waals surface area contributed by atoms with Gasteiger partial charge in [0.1, 0.15) is 10.4 Å². The Hall–Kier alpha value is -2.85. The lowest BCUT2D eigenvalue weighted by Gasteiger charge is -2.29. The third kappa shape index (κ3) is 4.34. The van der Waals surface area contributed by atoms with Gasteiger partial charge in [0.15, 0.2) is 5.17 Å². The topological polar surface area (TPSA) is 120 Å². The van der Waals surface area contributed by atoms with Crippen molar-refractivity contribution in [1.82, 2.24) is 0 Å². The van der Waals surface area contributed by atoms with Crippen LogP contribution in [0.2, 0.25) is 0 Å². The number of thioether (sulfide) groups is 1. The second kappa shape index (κ2) is 8.88. The predicted octanol–water partition coefficient (Wildman–Crippen LogP) is 3.24. The van der Waals surface area contributed by atoms with Gasteiger partial charge in [0, 0.05) is 16.7 Å². The monoisotopic (exact) mass is 447 g/mol. The maximum atomic E-state index is 12.7. The molecular formula is C20H21N3O5S2. The van der Waals surface area contributed by atoms with Crippen LogP contribution in [0, 0.1) is 0 Å². The second-order valence-corrected chi connectivity index (χ2v) is 8.69. The lowest BCUT2D eigenvalue weighted by molar-refractivity contribution is 0.0561. The van der Waals surface area contributed by atoms with Crippen molar-refractivity contribution in [3.05, 3.63) is 51.2 Å². The van der Waals surface area contributed by atoms with Crippen LogP contribution < -0.4 is 11.1 Å². The van der Waals surface area contributed by atoms with E-state index in [4.69, 9.17) is 15.2 Å². The smallest absolute Gasteiger partial charge is 0.349 e. The molecule has 0 radical (unpaired) electrons. The molecule has 1 aromatic carbocycles. The highest BCUT2D eigenvalue weighted by Gasteiger charge is 2.30. The molecule has 0 saturated carbocycles. The highest BCUT2D eigenvalue weighted by Crippen LogP contribution is 2.35. The number of aliphatic imine (C=N–C) groups is 1. The molecule has 0 saturated heterocycles. The Balaban J connectivity index is 1.83. The van der Waals surface area contributed by atoms with Gasteiger partial charge in [-0.1, -0.05) is 23.9 Å². The van der Waals surface area contributed by atoms with Gasteiger partial charge >= 0.3 is 11.9 Å². The first-order valence-electron chi connectivity index (χ1n) is 8.97. The third-order valence-corrected chi connectivity index (χ3v) is 6.52. The molecule has 0 bridgehead atoms. The van der Waals surface area contributed by atoms with Crippen LogP contribution in [0.25, 0.3) is 0 Å². The van der Waals surface area contributed by atoms with Gasteiger partial charge < -0.3 is 20.5 Å². The Morgan fingerprint density at radius 1 is 1.13 bits per heavy atom. The number of nitrogens with zero attached hydrogens (tertiary/aromatic N) is 1. The number of thiophene rings is 1. The van der Waals surface area contributed by atoms with E-state index in [2.05, 4.69) is 10.3 Å². The van der Waals surface area contributed by atoms with Crippen molar-refractivity contribution in [2.75, 3.05) is 25.3 Å². The van der Waals surface area contributed by atoms with Crippen molar-refractivity contribution in [1.29, 1.82) is 0 Å². The summed E-state index contributed by atoms with van der Waals surface area (Å²) in [5.41, 5.74) is 6.96. The molecular weight excluding hydrogens is 426 g/mol. The molecule has 8 nitrogen and oxygen atoms in total. The number of rotatable bonds is 5. The van der Waals surface area contributed by atoms with E-state index in [1.807, 2.05) is 19.1 Å². The molecule has 1 unspecified atom stereocenters. The van der Waals surface area contributed by atoms with Crippen LogP contribution in [0.4, 0.5) is 5.69 Å². The van der Waals surface area contributed by atoms with Crippen LogP contribution in [-0.2, 0) is 15.0 Å². The van der Waals surface area contributed by atoms with E-state index >= 15 is 0 Å². The summed E-state index contributed by atoms with van der Waals surface area (Å²) in [6, 6.07) is 7.07. The average Bonchev–Trinajstić information content (AvgIpc) is 3.16. The van der Waals surface area contributed by atoms with Gasteiger partial charge in [0.2, 0.25) is 0 Å². The van der Waals surface area contributed by atoms with Gasteiger partial charge in [-0.2, -0.15) is 0 Å². The number of ether oxygens (including phenoxy) is 2. The Morgan fingerprint density at radius 3 is 2.40 bits per heavy atom. The molecule has 1 atom stereocenters. The minimum absolute atomic E-state index is 0.0312. The maximum Gasteiger partial charge on any atom is 0.349 e. The zero-order valence-electron chi connectivity index (χ0n) is 16.7. The molecule has 0 fully saturated rings. The van der Waals surface area contributed by atoms with E-state index < -0.39 is 23.4 Å². The molecule has 30 heavy (non-hydrogen) atoms. The number of amides is 1. The van der Waals surface area contributed by atoms with Crippen molar-refractivity contribution in [2.24, 2.45) is 10.7 Å². The first-order chi connectivity index (χ1) is 14.3. The van der Waals surface area contributed by atoms with E-state index in [9.17, 15) is 14.4 Å². The van der Waals surface area contributed by atoms with E-state index in [-0.39, 0.29) is 16.1 Å². The fourth-order valence-corrected chi connectivity index (χ4v) is 4.95. The largest absolute Gasteiger partial charge is 0.465 e. The van der Waals surface area contributed by atoms with Crippen LogP contribution in [0.1, 0.15) is 49.3 Å². The molecule has 1 aliphatic rings. The van der Waals surface area contributed by atoms with Gasteiger partial charge in [-0.05, 0) is 31.0 Å². The maximum absolute atomic E-state index is 12.7. The number of amidine groups is 1. The lowest BCUT2D eigenvalue weighted by Crippen LogP contribution is -2.28. The first kappa shape index (κ1) is 21.8. The van der Waals surface area contributed by atoms with Gasteiger partial charge in [-0.3, -0.25) is 9.79 Å². The fraction of sp³-hybridized carbons (Fsp3) is 0.300. The van der Waals surface area contributed by atoms with Crippen molar-refractivity contribution in [2.45, 2.75) is 18.9 Å². The van der Waals surface area contributed by atoms with Crippen LogP contribution >= 0.6 is 23.1 Å². The Kier molecular flexibility index (Phi) is 6.47. The average molecular weight is 448 g/mol. The number of benzene rings is 1. The van der Waals surface area contributed by atoms with Gasteiger partial charge in [-0.25, -0.2) is 9.59 Å². The quantitative estimate of drug-likeness (QED) is 0.675. The van der Waals surface area contributed by atoms with E-state index in [1.165, 1.54) is 31.4 Å². The highest BCUT2D eigenvalue weighted by molar-refractivity contribution is 8.13. The summed E-state index contributed by atoms with van der Waals surface area (Å²) in [5.74, 6) is -0.955. The number of anilines is 1. The standard InChI is InChI=1S/C20H21N3O5S2/c1-20(8-9-29-19(21)23-20)12-6-4-11(5-7-12)16(24)22-13-10-30-15(18(26)28-3)14(13)17(25)27-2/h4-7,10H,8-9H2,1-3H3,(H2,21,23)(H,22,24). The van der Waals surface area contributed by atoms with Gasteiger partial charge in [0.25, 0.3) is 5.91 Å². The molecule has 2 aromatic rings. The van der Waals surface area contributed by atoms with Crippen LogP contribution in [0.5, 0.6) is 0 Å². The van der Waals surface area contributed by atoms with E-state index in [0.29, 0.717) is 10.7 Å². The molecule has 158 valence electrons.